The van der Waals surface area contributed by atoms with Gasteiger partial charge in [0.05, 0.1) is 6.61 Å². The first-order valence-electron chi connectivity index (χ1n) is 6.77. The number of alkyl halides is 6. The van der Waals surface area contributed by atoms with Crippen molar-refractivity contribution in [1.29, 1.82) is 0 Å². The van der Waals surface area contributed by atoms with Gasteiger partial charge >= 0.3 is 6.36 Å². The van der Waals surface area contributed by atoms with Gasteiger partial charge in [-0.1, -0.05) is 48.1 Å². The molecule has 0 aliphatic heterocycles. The average molecular weight is 446 g/mol. The summed E-state index contributed by atoms with van der Waals surface area (Å²) < 4.78 is 49.9. The van der Waals surface area contributed by atoms with Gasteiger partial charge in [-0.05, 0) is 42.5 Å². The maximum absolute atomic E-state index is 12.2. The van der Waals surface area contributed by atoms with Crippen molar-refractivity contribution in [1.82, 2.24) is 0 Å². The molecule has 1 aromatic carbocycles. The standard InChI is InChI=1S/C13H15Cl3F3O3PS/c1-2-3-8-20-23(24,21-9-12(14,15)16)11-6-4-10(5-7-11)22-13(17,18)19/h4-7H,2-3,8-9H2,1H3. The van der Waals surface area contributed by atoms with Gasteiger partial charge in [0.1, 0.15) is 12.4 Å². The van der Waals surface area contributed by atoms with Crippen LogP contribution in [-0.4, -0.2) is 23.4 Å². The largest absolute Gasteiger partial charge is 0.573 e. The van der Waals surface area contributed by atoms with Crippen LogP contribution in [0.25, 0.3) is 0 Å². The molecule has 1 unspecified atom stereocenters. The Kier molecular flexibility index (Phi) is 8.60. The van der Waals surface area contributed by atoms with E-state index in [1.807, 2.05) is 6.92 Å². The Bertz CT molecular complexity index is 564. The molecule has 0 fully saturated rings. The molecule has 0 aromatic heterocycles. The molecule has 1 atom stereocenters. The fourth-order valence-corrected chi connectivity index (χ4v) is 4.26. The Morgan fingerprint density at radius 3 is 2.12 bits per heavy atom. The molecule has 1 rings (SSSR count). The third-order valence-corrected chi connectivity index (χ3v) is 6.06. The van der Waals surface area contributed by atoms with Crippen LogP contribution in [-0.2, 0) is 20.9 Å². The maximum atomic E-state index is 12.2. The number of hydrogen-bond acceptors (Lipinski definition) is 4. The summed E-state index contributed by atoms with van der Waals surface area (Å²) in [6.45, 7) is -1.03. The second kappa shape index (κ2) is 9.26. The lowest BCUT2D eigenvalue weighted by Gasteiger charge is -2.25. The highest BCUT2D eigenvalue weighted by Gasteiger charge is 2.32. The molecular formula is C13H15Cl3F3O3PS. The minimum Gasteiger partial charge on any atom is -0.406 e. The van der Waals surface area contributed by atoms with E-state index in [0.29, 0.717) is 11.9 Å². The topological polar surface area (TPSA) is 27.7 Å². The van der Waals surface area contributed by atoms with Crippen molar-refractivity contribution >= 4 is 58.4 Å². The molecule has 0 radical (unpaired) electrons. The van der Waals surface area contributed by atoms with Gasteiger partial charge in [0.2, 0.25) is 10.3 Å². The van der Waals surface area contributed by atoms with Crippen LogP contribution in [0.3, 0.4) is 0 Å². The highest BCUT2D eigenvalue weighted by atomic mass is 35.6. The Balaban J connectivity index is 2.94. The van der Waals surface area contributed by atoms with Crippen LogP contribution >= 0.6 is 41.3 Å². The molecular weight excluding hydrogens is 431 g/mol. The summed E-state index contributed by atoms with van der Waals surface area (Å²) in [5.74, 6) is -0.372. The number of halogens is 6. The number of ether oxygens (including phenoxy) is 1. The highest BCUT2D eigenvalue weighted by Crippen LogP contribution is 2.49. The quantitative estimate of drug-likeness (QED) is 0.290. The third-order valence-electron chi connectivity index (χ3n) is 2.54. The lowest BCUT2D eigenvalue weighted by Crippen LogP contribution is -2.19. The van der Waals surface area contributed by atoms with E-state index in [1.54, 1.807) is 0 Å². The molecule has 24 heavy (non-hydrogen) atoms. The lowest BCUT2D eigenvalue weighted by atomic mass is 10.3. The molecule has 11 heteroatoms. The summed E-state index contributed by atoms with van der Waals surface area (Å²) in [5, 5.41) is 0.400. The van der Waals surface area contributed by atoms with Gasteiger partial charge in [0.15, 0.2) is 0 Å². The molecule has 138 valence electrons. The van der Waals surface area contributed by atoms with E-state index in [1.165, 1.54) is 12.1 Å². The molecule has 0 bridgehead atoms. The molecule has 3 nitrogen and oxygen atoms in total. The first-order valence-corrected chi connectivity index (χ1v) is 10.5. The van der Waals surface area contributed by atoms with Crippen molar-refractivity contribution in [2.24, 2.45) is 0 Å². The number of unbranched alkanes of at least 4 members (excludes halogenated alkanes) is 1. The second-order valence-electron chi connectivity index (χ2n) is 4.61. The van der Waals surface area contributed by atoms with Crippen LogP contribution in [0.15, 0.2) is 24.3 Å². The summed E-state index contributed by atoms with van der Waals surface area (Å²) in [6, 6.07) is 4.97. The molecule has 0 heterocycles. The van der Waals surface area contributed by atoms with E-state index in [0.717, 1.165) is 25.0 Å². The zero-order valence-electron chi connectivity index (χ0n) is 12.5. The maximum Gasteiger partial charge on any atom is 0.573 e. The summed E-state index contributed by atoms with van der Waals surface area (Å²) in [4.78, 5) is 0. The molecule has 0 saturated heterocycles. The van der Waals surface area contributed by atoms with Crippen LogP contribution in [0.1, 0.15) is 19.8 Å². The first-order chi connectivity index (χ1) is 11.0. The molecule has 0 amide bonds. The Hall–Kier alpha value is 0.250. The van der Waals surface area contributed by atoms with Gasteiger partial charge in [0, 0.05) is 5.30 Å². The highest BCUT2D eigenvalue weighted by molar-refractivity contribution is 8.13. The van der Waals surface area contributed by atoms with Gasteiger partial charge in [0.25, 0.3) is 0 Å². The number of benzene rings is 1. The second-order valence-corrected chi connectivity index (χ2v) is 10.6. The van der Waals surface area contributed by atoms with Crippen LogP contribution in [0.4, 0.5) is 13.2 Å². The van der Waals surface area contributed by atoms with E-state index in [9.17, 15) is 13.2 Å². The van der Waals surface area contributed by atoms with E-state index >= 15 is 0 Å². The van der Waals surface area contributed by atoms with Gasteiger partial charge in [-0.2, -0.15) is 0 Å². The number of hydrogen-bond donors (Lipinski definition) is 0. The first kappa shape index (κ1) is 22.3. The van der Waals surface area contributed by atoms with Crippen LogP contribution in [0, 0.1) is 0 Å². The zero-order valence-corrected chi connectivity index (χ0v) is 16.5. The summed E-state index contributed by atoms with van der Waals surface area (Å²) >= 11 is 22.4. The van der Waals surface area contributed by atoms with Crippen LogP contribution in [0.5, 0.6) is 5.75 Å². The van der Waals surface area contributed by atoms with Crippen molar-refractivity contribution in [2.45, 2.75) is 29.9 Å². The number of rotatable bonds is 8. The Labute approximate surface area is 158 Å². The van der Waals surface area contributed by atoms with E-state index < -0.39 is 16.6 Å². The molecule has 0 N–H and O–H groups in total. The van der Waals surface area contributed by atoms with E-state index in [2.05, 4.69) is 4.74 Å². The van der Waals surface area contributed by atoms with Crippen molar-refractivity contribution in [3.05, 3.63) is 24.3 Å². The average Bonchev–Trinajstić information content (AvgIpc) is 2.44. The van der Waals surface area contributed by atoms with Gasteiger partial charge in [-0.25, -0.2) is 0 Å². The zero-order chi connectivity index (χ0) is 18.4. The van der Waals surface area contributed by atoms with Crippen LogP contribution < -0.4 is 10.0 Å². The summed E-state index contributed by atoms with van der Waals surface area (Å²) in [5.41, 5.74) is 0. The molecule has 1 aromatic rings. The minimum absolute atomic E-state index is 0.304. The predicted octanol–water partition coefficient (Wildman–Crippen LogP) is 5.72. The molecule has 0 aliphatic rings. The van der Waals surface area contributed by atoms with E-state index in [-0.39, 0.29) is 12.4 Å². The minimum atomic E-state index is -4.77. The monoisotopic (exact) mass is 444 g/mol. The molecule has 0 aliphatic carbocycles. The molecule has 0 saturated carbocycles. The van der Waals surface area contributed by atoms with Gasteiger partial charge in [-0.3, -0.25) is 0 Å². The van der Waals surface area contributed by atoms with Crippen LogP contribution in [0.2, 0.25) is 0 Å². The Morgan fingerprint density at radius 2 is 1.67 bits per heavy atom. The lowest BCUT2D eigenvalue weighted by molar-refractivity contribution is -0.274. The smallest absolute Gasteiger partial charge is 0.406 e. The van der Waals surface area contributed by atoms with Crippen molar-refractivity contribution < 1.29 is 27.0 Å². The van der Waals surface area contributed by atoms with Crippen molar-refractivity contribution in [2.75, 3.05) is 13.2 Å². The normalized spacial score (nSPS) is 15.1. The fraction of sp³-hybridized carbons (Fsp3) is 0.538. The van der Waals surface area contributed by atoms with E-state index in [4.69, 9.17) is 55.7 Å². The van der Waals surface area contributed by atoms with Crippen molar-refractivity contribution in [3.8, 4) is 5.75 Å². The van der Waals surface area contributed by atoms with Gasteiger partial charge in [-0.15, -0.1) is 13.2 Å². The summed E-state index contributed by atoms with van der Waals surface area (Å²) in [7, 11) is 0. The van der Waals surface area contributed by atoms with Gasteiger partial charge < -0.3 is 13.8 Å². The third kappa shape index (κ3) is 8.56. The Morgan fingerprint density at radius 1 is 1.08 bits per heavy atom. The predicted molar refractivity (Wildman–Crippen MR) is 94.1 cm³/mol. The van der Waals surface area contributed by atoms with Crippen molar-refractivity contribution in [3.63, 3.8) is 0 Å². The molecule has 0 spiro atoms. The summed E-state index contributed by atoms with van der Waals surface area (Å²) in [6.07, 6.45) is -3.16. The fourth-order valence-electron chi connectivity index (χ4n) is 1.50. The SMILES string of the molecule is CCCCOP(=S)(OCC(Cl)(Cl)Cl)c1ccc(OC(F)(F)F)cc1.